The van der Waals surface area contributed by atoms with Crippen molar-refractivity contribution in [1.29, 1.82) is 5.26 Å². The normalized spacial score (nSPS) is 19.4. The lowest BCUT2D eigenvalue weighted by Crippen LogP contribution is -2.52. The molecule has 8 nitrogen and oxygen atoms in total. The van der Waals surface area contributed by atoms with E-state index >= 15 is 0 Å². The lowest BCUT2D eigenvalue weighted by Gasteiger charge is -2.37. The second kappa shape index (κ2) is 11.6. The first-order valence-electron chi connectivity index (χ1n) is 13.5. The Balaban J connectivity index is 1.36. The van der Waals surface area contributed by atoms with Crippen molar-refractivity contribution in [3.8, 4) is 11.8 Å². The number of amides is 3. The number of imide groups is 1. The molecule has 5 rings (SSSR count). The van der Waals surface area contributed by atoms with Gasteiger partial charge in [-0.3, -0.25) is 14.4 Å². The molecule has 1 unspecified atom stereocenters. The van der Waals surface area contributed by atoms with Gasteiger partial charge in [-0.2, -0.15) is 5.26 Å². The van der Waals surface area contributed by atoms with Crippen LogP contribution in [0.3, 0.4) is 0 Å². The minimum Gasteiger partial charge on any atom is -0.494 e. The molecule has 2 aromatic rings. The molecule has 9 heteroatoms. The number of rotatable bonds is 8. The Kier molecular flexibility index (Phi) is 7.98. The molecule has 38 heavy (non-hydrogen) atoms. The fourth-order valence-electron chi connectivity index (χ4n) is 5.80. The van der Waals surface area contributed by atoms with Gasteiger partial charge < -0.3 is 9.64 Å². The highest BCUT2D eigenvalue weighted by atomic mass is 32.2. The Hall–Kier alpha value is -3.38. The van der Waals surface area contributed by atoms with Crippen LogP contribution in [0, 0.1) is 11.3 Å². The second-order valence-electron chi connectivity index (χ2n) is 10.0. The van der Waals surface area contributed by atoms with Crippen molar-refractivity contribution in [3.63, 3.8) is 0 Å². The molecule has 2 fully saturated rings. The summed E-state index contributed by atoms with van der Waals surface area (Å²) in [4.78, 5) is 48.0. The highest BCUT2D eigenvalue weighted by Crippen LogP contribution is 2.33. The smallest absolute Gasteiger partial charge is 0.257 e. The third kappa shape index (κ3) is 5.28. The summed E-state index contributed by atoms with van der Waals surface area (Å²) in [5.74, 6) is -0.126. The van der Waals surface area contributed by atoms with Crippen LogP contribution >= 0.6 is 11.8 Å². The van der Waals surface area contributed by atoms with Gasteiger partial charge in [-0.05, 0) is 74.9 Å². The number of hydrogen-bond acceptors (Lipinski definition) is 7. The van der Waals surface area contributed by atoms with Gasteiger partial charge in [0.15, 0.2) is 0 Å². The van der Waals surface area contributed by atoms with Crippen molar-refractivity contribution in [2.45, 2.75) is 81.8 Å². The van der Waals surface area contributed by atoms with Crippen LogP contribution in [0.2, 0.25) is 0 Å². The number of carbonyl (C=O) groups is 3. The number of benzene rings is 1. The Morgan fingerprint density at radius 1 is 1.16 bits per heavy atom. The van der Waals surface area contributed by atoms with Crippen LogP contribution in [0.4, 0.5) is 5.69 Å². The van der Waals surface area contributed by atoms with E-state index in [0.717, 1.165) is 62.6 Å². The molecule has 0 N–H and O–H groups in total. The van der Waals surface area contributed by atoms with Crippen molar-refractivity contribution in [3.05, 3.63) is 47.2 Å². The fourth-order valence-corrected chi connectivity index (χ4v) is 6.65. The molecule has 1 saturated carbocycles. The van der Waals surface area contributed by atoms with Crippen LogP contribution in [0.25, 0.3) is 0 Å². The van der Waals surface area contributed by atoms with E-state index in [1.54, 1.807) is 29.2 Å². The van der Waals surface area contributed by atoms with Gasteiger partial charge in [0.1, 0.15) is 22.9 Å². The molecule has 1 saturated heterocycles. The Morgan fingerprint density at radius 2 is 1.92 bits per heavy atom. The summed E-state index contributed by atoms with van der Waals surface area (Å²) in [6, 6.07) is 10.1. The number of aromatic nitrogens is 1. The molecule has 0 spiro atoms. The summed E-state index contributed by atoms with van der Waals surface area (Å²) in [6.07, 6.45) is 7.53. The number of fused-ring (bicyclic) bond motifs is 1. The molecule has 1 atom stereocenters. The zero-order valence-corrected chi connectivity index (χ0v) is 22.5. The van der Waals surface area contributed by atoms with Crippen molar-refractivity contribution < 1.29 is 19.1 Å². The summed E-state index contributed by atoms with van der Waals surface area (Å²) < 4.78 is 5.48. The first-order chi connectivity index (χ1) is 18.5. The van der Waals surface area contributed by atoms with Gasteiger partial charge in [-0.25, -0.2) is 9.88 Å². The van der Waals surface area contributed by atoms with E-state index in [1.807, 2.05) is 13.0 Å². The Morgan fingerprint density at radius 3 is 2.63 bits per heavy atom. The van der Waals surface area contributed by atoms with E-state index in [4.69, 9.17) is 9.72 Å². The van der Waals surface area contributed by atoms with E-state index in [9.17, 15) is 19.6 Å². The van der Waals surface area contributed by atoms with Crippen LogP contribution in [-0.2, 0) is 27.2 Å². The number of thioether (sulfide) groups is 1. The van der Waals surface area contributed by atoms with E-state index in [-0.39, 0.29) is 35.9 Å². The number of aryl methyl sites for hydroxylation is 2. The number of anilines is 1. The predicted octanol–water partition coefficient (Wildman–Crippen LogP) is 4.43. The number of ether oxygens (including phenoxy) is 1. The first-order valence-corrected chi connectivity index (χ1v) is 14.4. The van der Waals surface area contributed by atoms with E-state index < -0.39 is 6.04 Å². The maximum atomic E-state index is 13.7. The summed E-state index contributed by atoms with van der Waals surface area (Å²) in [5, 5.41) is 10.2. The molecular formula is C29H32N4O4S. The van der Waals surface area contributed by atoms with Crippen molar-refractivity contribution in [1.82, 2.24) is 9.88 Å². The predicted molar refractivity (Wildman–Crippen MR) is 144 cm³/mol. The maximum absolute atomic E-state index is 13.7. The van der Waals surface area contributed by atoms with Crippen LogP contribution in [0.1, 0.15) is 68.7 Å². The van der Waals surface area contributed by atoms with Gasteiger partial charge in [0, 0.05) is 11.7 Å². The number of pyridine rings is 1. The Bertz CT molecular complexity index is 1270. The number of nitriles is 1. The molecule has 1 aliphatic heterocycles. The lowest BCUT2D eigenvalue weighted by atomic mass is 9.92. The van der Waals surface area contributed by atoms with Crippen LogP contribution in [0.15, 0.2) is 35.4 Å². The van der Waals surface area contributed by atoms with Crippen LogP contribution in [-0.4, -0.2) is 52.0 Å². The van der Waals surface area contributed by atoms with Gasteiger partial charge in [0.25, 0.3) is 5.91 Å². The molecule has 0 bridgehead atoms. The molecule has 2 aliphatic carbocycles. The number of nitrogens with zero attached hydrogens (tertiary/aromatic N) is 4. The van der Waals surface area contributed by atoms with Gasteiger partial charge in [-0.1, -0.05) is 31.0 Å². The zero-order chi connectivity index (χ0) is 26.6. The molecule has 3 amide bonds. The van der Waals surface area contributed by atoms with E-state index in [2.05, 4.69) is 6.07 Å². The minimum atomic E-state index is -0.825. The van der Waals surface area contributed by atoms with Crippen LogP contribution < -0.4 is 9.64 Å². The maximum Gasteiger partial charge on any atom is 0.257 e. The third-order valence-electron chi connectivity index (χ3n) is 7.59. The quantitative estimate of drug-likeness (QED) is 0.366. The molecule has 198 valence electrons. The molecular weight excluding hydrogens is 500 g/mol. The highest BCUT2D eigenvalue weighted by Gasteiger charge is 2.46. The molecule has 2 heterocycles. The van der Waals surface area contributed by atoms with Gasteiger partial charge in [-0.15, -0.1) is 0 Å². The van der Waals surface area contributed by atoms with Crippen LogP contribution in [0.5, 0.6) is 5.75 Å². The number of carbonyl (C=O) groups excluding carboxylic acids is 3. The first kappa shape index (κ1) is 26.2. The average Bonchev–Trinajstić information content (AvgIpc) is 3.51. The fraction of sp³-hybridized carbons (Fsp3) is 0.483. The molecule has 1 aromatic heterocycles. The molecule has 0 radical (unpaired) electrons. The lowest BCUT2D eigenvalue weighted by molar-refractivity contribution is -0.139. The topological polar surface area (TPSA) is 104 Å². The highest BCUT2D eigenvalue weighted by molar-refractivity contribution is 8.00. The van der Waals surface area contributed by atoms with E-state index in [1.165, 1.54) is 16.7 Å². The zero-order valence-electron chi connectivity index (χ0n) is 21.6. The Labute approximate surface area is 227 Å². The second-order valence-corrected chi connectivity index (χ2v) is 11.0. The number of hydrogen-bond donors (Lipinski definition) is 0. The third-order valence-corrected chi connectivity index (χ3v) is 8.57. The van der Waals surface area contributed by atoms with Gasteiger partial charge in [0.05, 0.1) is 30.0 Å². The molecule has 3 aliphatic rings. The standard InChI is InChI=1S/C29H32N4O4S/c1-2-37-23-13-11-22(12-14-23)33-26(34)16-25(29(33)36)32(21-8-4-3-5-9-21)27(35)18-38-28-20(17-30)15-19-7-6-10-24(19)31-28/h11-15,21,25H,2-10,16,18H2,1H3. The van der Waals surface area contributed by atoms with Gasteiger partial charge >= 0.3 is 0 Å². The van der Waals surface area contributed by atoms with Gasteiger partial charge in [0.2, 0.25) is 11.8 Å². The van der Waals surface area contributed by atoms with Crippen molar-refractivity contribution in [2.24, 2.45) is 0 Å². The van der Waals surface area contributed by atoms with Crippen molar-refractivity contribution in [2.75, 3.05) is 17.3 Å². The summed E-state index contributed by atoms with van der Waals surface area (Å²) >= 11 is 1.25. The summed E-state index contributed by atoms with van der Waals surface area (Å²) in [5.41, 5.74) is 3.09. The SMILES string of the molecule is CCOc1ccc(N2C(=O)CC(N(C(=O)CSc3nc4c(cc3C#N)CCC4)C3CCCCC3)C2=O)cc1. The average molecular weight is 533 g/mol. The van der Waals surface area contributed by atoms with Crippen molar-refractivity contribution >= 4 is 35.2 Å². The van der Waals surface area contributed by atoms with E-state index in [0.29, 0.717) is 28.6 Å². The summed E-state index contributed by atoms with van der Waals surface area (Å²) in [6.45, 7) is 2.42. The molecule has 1 aromatic carbocycles. The minimum absolute atomic E-state index is 0.0283. The monoisotopic (exact) mass is 532 g/mol. The summed E-state index contributed by atoms with van der Waals surface area (Å²) in [7, 11) is 0. The largest absolute Gasteiger partial charge is 0.494 e.